The van der Waals surface area contributed by atoms with Crippen LogP contribution < -0.4 is 4.74 Å². The number of oxime groups is 1. The molecule has 6 heteroatoms. The molecule has 0 spiro atoms. The second kappa shape index (κ2) is 4.81. The van der Waals surface area contributed by atoms with Crippen LogP contribution in [0, 0.1) is 0 Å². The van der Waals surface area contributed by atoms with Crippen LogP contribution in [-0.4, -0.2) is 23.9 Å². The van der Waals surface area contributed by atoms with Crippen molar-refractivity contribution >= 4 is 33.7 Å². The van der Waals surface area contributed by atoms with Crippen LogP contribution in [0.4, 0.5) is 0 Å². The molecule has 5 nitrogen and oxygen atoms in total. The summed E-state index contributed by atoms with van der Waals surface area (Å²) in [6.07, 6.45) is 1.63. The van der Waals surface area contributed by atoms with Gasteiger partial charge in [0.1, 0.15) is 0 Å². The fourth-order valence-electron chi connectivity index (χ4n) is 1.52. The van der Waals surface area contributed by atoms with E-state index in [-0.39, 0.29) is 5.75 Å². The van der Waals surface area contributed by atoms with Gasteiger partial charge in [-0.15, -0.1) is 0 Å². The van der Waals surface area contributed by atoms with Gasteiger partial charge in [-0.1, -0.05) is 5.16 Å². The van der Waals surface area contributed by atoms with Crippen molar-refractivity contribution in [3.63, 3.8) is 0 Å². The van der Waals surface area contributed by atoms with Crippen LogP contribution in [0.1, 0.15) is 12.5 Å². The summed E-state index contributed by atoms with van der Waals surface area (Å²) in [6, 6.07) is 3.29. The molecule has 1 aromatic carbocycles. The molecule has 2 rings (SSSR count). The van der Waals surface area contributed by atoms with Crippen LogP contribution in [0.15, 0.2) is 27.3 Å². The number of aromatic hydroxyl groups is 1. The van der Waals surface area contributed by atoms with E-state index in [1.54, 1.807) is 25.1 Å². The van der Waals surface area contributed by atoms with Gasteiger partial charge in [0.25, 0.3) is 0 Å². The topological polar surface area (TPSA) is 68.1 Å². The number of carbonyl (C=O) groups is 1. The van der Waals surface area contributed by atoms with Crippen molar-refractivity contribution in [2.45, 2.75) is 6.92 Å². The predicted octanol–water partition coefficient (Wildman–Crippen LogP) is 2.48. The number of carbonyl (C=O) groups excluding carboxylic acids is 1. The lowest BCUT2D eigenvalue weighted by molar-refractivity contribution is -0.136. The Morgan fingerprint density at radius 1 is 1.50 bits per heavy atom. The summed E-state index contributed by atoms with van der Waals surface area (Å²) < 4.78 is 5.51. The molecule has 0 saturated carbocycles. The molecule has 94 valence electrons. The van der Waals surface area contributed by atoms with Crippen LogP contribution in [0.3, 0.4) is 0 Å². The smallest absolute Gasteiger partial charge is 0.367 e. The lowest BCUT2D eigenvalue weighted by Crippen LogP contribution is -2.01. The number of ether oxygens (including phenoxy) is 1. The molecule has 0 radical (unpaired) electrons. The van der Waals surface area contributed by atoms with Gasteiger partial charge in [-0.3, -0.25) is 0 Å². The van der Waals surface area contributed by atoms with E-state index >= 15 is 0 Å². The Labute approximate surface area is 112 Å². The number of phenolic OH excluding ortho intramolecular Hbond substituents is 1. The molecule has 18 heavy (non-hydrogen) atoms. The van der Waals surface area contributed by atoms with Crippen LogP contribution >= 0.6 is 15.9 Å². The maximum absolute atomic E-state index is 11.4. The molecule has 0 amide bonds. The van der Waals surface area contributed by atoms with Gasteiger partial charge in [0, 0.05) is 0 Å². The van der Waals surface area contributed by atoms with E-state index in [2.05, 4.69) is 25.9 Å². The number of benzene rings is 1. The Balaban J connectivity index is 2.47. The summed E-state index contributed by atoms with van der Waals surface area (Å²) in [4.78, 5) is 15.9. The third-order valence-corrected chi connectivity index (χ3v) is 3.06. The van der Waals surface area contributed by atoms with Crippen LogP contribution in [0.2, 0.25) is 0 Å². The van der Waals surface area contributed by atoms with E-state index in [1.165, 1.54) is 7.11 Å². The van der Waals surface area contributed by atoms with Crippen LogP contribution in [0.25, 0.3) is 6.08 Å². The lowest BCUT2D eigenvalue weighted by Gasteiger charge is -2.06. The van der Waals surface area contributed by atoms with Gasteiger partial charge < -0.3 is 14.7 Å². The standard InChI is InChI=1S/C12H10BrNO4/c1-6-8(12(16)18-14-6)3-7-4-9(13)11(15)10(5-7)17-2/h3-5,15H,1-2H3/b8-3-. The normalized spacial score (nSPS) is 16.7. The van der Waals surface area contributed by atoms with Crippen molar-refractivity contribution in [3.05, 3.63) is 27.7 Å². The van der Waals surface area contributed by atoms with Crippen molar-refractivity contribution in [2.75, 3.05) is 7.11 Å². The minimum atomic E-state index is -0.490. The molecule has 0 saturated heterocycles. The number of hydrogen-bond donors (Lipinski definition) is 1. The second-order valence-electron chi connectivity index (χ2n) is 3.67. The van der Waals surface area contributed by atoms with Gasteiger partial charge in [0.05, 0.1) is 22.9 Å². The molecule has 1 heterocycles. The highest BCUT2D eigenvalue weighted by Crippen LogP contribution is 2.36. The Hall–Kier alpha value is -1.82. The quantitative estimate of drug-likeness (QED) is 0.673. The number of phenols is 1. The number of methoxy groups -OCH3 is 1. The summed E-state index contributed by atoms with van der Waals surface area (Å²) in [5.74, 6) is -0.160. The summed E-state index contributed by atoms with van der Waals surface area (Å²) >= 11 is 3.21. The maximum Gasteiger partial charge on any atom is 0.367 e. The Bertz CT molecular complexity index is 578. The first-order valence-electron chi connectivity index (χ1n) is 5.07. The van der Waals surface area contributed by atoms with E-state index in [0.29, 0.717) is 27.1 Å². The largest absolute Gasteiger partial charge is 0.503 e. The molecular formula is C12H10BrNO4. The SMILES string of the molecule is COc1cc(/C=C2\C(=O)ON=C2C)cc(Br)c1O. The first kappa shape index (κ1) is 12.6. The van der Waals surface area contributed by atoms with E-state index in [4.69, 9.17) is 4.74 Å². The van der Waals surface area contributed by atoms with Gasteiger partial charge >= 0.3 is 5.97 Å². The first-order valence-corrected chi connectivity index (χ1v) is 5.86. The van der Waals surface area contributed by atoms with E-state index in [9.17, 15) is 9.90 Å². The molecule has 0 fully saturated rings. The average Bonchev–Trinajstić information content (AvgIpc) is 2.65. The van der Waals surface area contributed by atoms with Crippen LogP contribution in [0.5, 0.6) is 11.5 Å². The highest BCUT2D eigenvalue weighted by atomic mass is 79.9. The number of nitrogens with zero attached hydrogens (tertiary/aromatic N) is 1. The molecule has 0 aromatic heterocycles. The summed E-state index contributed by atoms with van der Waals surface area (Å²) in [6.45, 7) is 1.68. The number of halogens is 1. The maximum atomic E-state index is 11.4. The monoisotopic (exact) mass is 311 g/mol. The van der Waals surface area contributed by atoms with Crippen LogP contribution in [-0.2, 0) is 9.63 Å². The Morgan fingerprint density at radius 2 is 2.22 bits per heavy atom. The molecule has 1 aromatic rings. The van der Waals surface area contributed by atoms with Crippen molar-refractivity contribution in [3.8, 4) is 11.5 Å². The predicted molar refractivity (Wildman–Crippen MR) is 69.5 cm³/mol. The minimum absolute atomic E-state index is 0.0130. The summed E-state index contributed by atoms with van der Waals surface area (Å²) in [7, 11) is 1.45. The molecule has 1 aliphatic rings. The first-order chi connectivity index (χ1) is 8.52. The van der Waals surface area contributed by atoms with Gasteiger partial charge in [-0.2, -0.15) is 0 Å². The fraction of sp³-hybridized carbons (Fsp3) is 0.167. The molecule has 1 aliphatic heterocycles. The van der Waals surface area contributed by atoms with Gasteiger partial charge in [0.15, 0.2) is 11.5 Å². The van der Waals surface area contributed by atoms with Crippen molar-refractivity contribution in [1.82, 2.24) is 0 Å². The highest BCUT2D eigenvalue weighted by molar-refractivity contribution is 9.10. The zero-order chi connectivity index (χ0) is 13.3. The third kappa shape index (κ3) is 2.24. The summed E-state index contributed by atoms with van der Waals surface area (Å²) in [5, 5.41) is 13.3. The molecular weight excluding hydrogens is 302 g/mol. The molecule has 1 N–H and O–H groups in total. The Kier molecular flexibility index (Phi) is 3.38. The number of rotatable bonds is 2. The fourth-order valence-corrected chi connectivity index (χ4v) is 1.98. The van der Waals surface area contributed by atoms with Gasteiger partial charge in [-0.05, 0) is 46.6 Å². The zero-order valence-electron chi connectivity index (χ0n) is 9.73. The van der Waals surface area contributed by atoms with E-state index < -0.39 is 5.97 Å². The zero-order valence-corrected chi connectivity index (χ0v) is 11.3. The molecule has 0 atom stereocenters. The molecule has 0 bridgehead atoms. The highest BCUT2D eigenvalue weighted by Gasteiger charge is 2.22. The molecule has 0 aliphatic carbocycles. The summed E-state index contributed by atoms with van der Waals surface area (Å²) in [5.41, 5.74) is 1.60. The number of hydrogen-bond acceptors (Lipinski definition) is 5. The van der Waals surface area contributed by atoms with Crippen molar-refractivity contribution in [1.29, 1.82) is 0 Å². The van der Waals surface area contributed by atoms with Crippen molar-refractivity contribution in [2.24, 2.45) is 5.16 Å². The van der Waals surface area contributed by atoms with E-state index in [0.717, 1.165) is 0 Å². The van der Waals surface area contributed by atoms with E-state index in [1.807, 2.05) is 0 Å². The minimum Gasteiger partial charge on any atom is -0.503 e. The third-order valence-electron chi connectivity index (χ3n) is 2.46. The van der Waals surface area contributed by atoms with Gasteiger partial charge in [0.2, 0.25) is 0 Å². The van der Waals surface area contributed by atoms with Gasteiger partial charge in [-0.25, -0.2) is 4.79 Å². The Morgan fingerprint density at radius 3 is 2.78 bits per heavy atom. The lowest BCUT2D eigenvalue weighted by atomic mass is 10.1. The molecule has 0 unspecified atom stereocenters. The second-order valence-corrected chi connectivity index (χ2v) is 4.52. The average molecular weight is 312 g/mol. The van der Waals surface area contributed by atoms with Crippen molar-refractivity contribution < 1.29 is 19.5 Å².